The zero-order valence-electron chi connectivity index (χ0n) is 8.26. The second kappa shape index (κ2) is 3.09. The minimum Gasteiger partial charge on any atom is -0.393 e. The SMILES string of the molecule is O[C@@H]1[C@@H]2CC[C@H]1[C@@H](c1ccccc1)C2. The number of hydrogen-bond acceptors (Lipinski definition) is 1. The number of aliphatic hydroxyl groups excluding tert-OH is 1. The highest BCUT2D eigenvalue weighted by atomic mass is 16.3. The van der Waals surface area contributed by atoms with Gasteiger partial charge in [0.2, 0.25) is 0 Å². The molecule has 0 spiro atoms. The molecule has 2 bridgehead atoms. The summed E-state index contributed by atoms with van der Waals surface area (Å²) in [5.74, 6) is 1.76. The van der Waals surface area contributed by atoms with E-state index >= 15 is 0 Å². The third kappa shape index (κ3) is 1.12. The molecule has 2 fully saturated rings. The summed E-state index contributed by atoms with van der Waals surface area (Å²) in [6.07, 6.45) is 3.66. The molecule has 0 radical (unpaired) electrons. The number of fused-ring (bicyclic) bond motifs is 2. The average molecular weight is 188 g/mol. The first-order valence-corrected chi connectivity index (χ1v) is 5.59. The van der Waals surface area contributed by atoms with Gasteiger partial charge in [0.1, 0.15) is 0 Å². The van der Waals surface area contributed by atoms with E-state index in [1.165, 1.54) is 24.8 Å². The first-order valence-electron chi connectivity index (χ1n) is 5.59. The van der Waals surface area contributed by atoms with Crippen LogP contribution in [0.5, 0.6) is 0 Å². The van der Waals surface area contributed by atoms with Crippen molar-refractivity contribution in [2.24, 2.45) is 11.8 Å². The Morgan fingerprint density at radius 3 is 2.43 bits per heavy atom. The van der Waals surface area contributed by atoms with E-state index < -0.39 is 0 Å². The molecule has 0 amide bonds. The van der Waals surface area contributed by atoms with Crippen LogP contribution in [0.2, 0.25) is 0 Å². The fraction of sp³-hybridized carbons (Fsp3) is 0.538. The highest BCUT2D eigenvalue weighted by Crippen LogP contribution is 2.52. The molecular weight excluding hydrogens is 172 g/mol. The van der Waals surface area contributed by atoms with Gasteiger partial charge in [0, 0.05) is 0 Å². The van der Waals surface area contributed by atoms with Crippen LogP contribution in [0.25, 0.3) is 0 Å². The van der Waals surface area contributed by atoms with E-state index in [0.29, 0.717) is 17.8 Å². The van der Waals surface area contributed by atoms with Crippen LogP contribution in [0.15, 0.2) is 30.3 Å². The number of hydrogen-bond donors (Lipinski definition) is 1. The van der Waals surface area contributed by atoms with Gasteiger partial charge in [0.05, 0.1) is 6.10 Å². The van der Waals surface area contributed by atoms with Crippen molar-refractivity contribution in [3.63, 3.8) is 0 Å². The van der Waals surface area contributed by atoms with Gasteiger partial charge in [-0.3, -0.25) is 0 Å². The van der Waals surface area contributed by atoms with Gasteiger partial charge in [0.15, 0.2) is 0 Å². The van der Waals surface area contributed by atoms with Crippen LogP contribution in [-0.2, 0) is 0 Å². The van der Waals surface area contributed by atoms with Crippen LogP contribution in [-0.4, -0.2) is 11.2 Å². The van der Waals surface area contributed by atoms with E-state index in [1.807, 2.05) is 0 Å². The molecule has 3 rings (SSSR count). The van der Waals surface area contributed by atoms with Crippen molar-refractivity contribution in [3.8, 4) is 0 Å². The molecule has 1 heteroatoms. The van der Waals surface area contributed by atoms with Crippen molar-refractivity contribution in [1.82, 2.24) is 0 Å². The van der Waals surface area contributed by atoms with Crippen LogP contribution < -0.4 is 0 Å². The molecule has 14 heavy (non-hydrogen) atoms. The van der Waals surface area contributed by atoms with Crippen molar-refractivity contribution in [1.29, 1.82) is 0 Å². The number of aliphatic hydroxyl groups is 1. The lowest BCUT2D eigenvalue weighted by Crippen LogP contribution is -2.14. The fourth-order valence-electron chi connectivity index (χ4n) is 3.38. The normalized spacial score (nSPS) is 40.4. The largest absolute Gasteiger partial charge is 0.393 e. The number of rotatable bonds is 1. The Balaban J connectivity index is 1.89. The van der Waals surface area contributed by atoms with Crippen molar-refractivity contribution in [2.45, 2.75) is 31.3 Å². The summed E-state index contributed by atoms with van der Waals surface area (Å²) in [5.41, 5.74) is 1.43. The quantitative estimate of drug-likeness (QED) is 0.718. The molecule has 1 aromatic carbocycles. The van der Waals surface area contributed by atoms with Crippen molar-refractivity contribution in [3.05, 3.63) is 35.9 Å². The van der Waals surface area contributed by atoms with E-state index in [0.717, 1.165) is 0 Å². The van der Waals surface area contributed by atoms with Gasteiger partial charge >= 0.3 is 0 Å². The van der Waals surface area contributed by atoms with Gasteiger partial charge in [0.25, 0.3) is 0 Å². The Morgan fingerprint density at radius 1 is 1.07 bits per heavy atom. The van der Waals surface area contributed by atoms with Gasteiger partial charge in [-0.15, -0.1) is 0 Å². The highest BCUT2D eigenvalue weighted by molar-refractivity contribution is 5.24. The molecular formula is C13H16O. The number of benzene rings is 1. The van der Waals surface area contributed by atoms with E-state index in [2.05, 4.69) is 30.3 Å². The zero-order valence-corrected chi connectivity index (χ0v) is 8.26. The molecule has 2 saturated carbocycles. The van der Waals surface area contributed by atoms with Gasteiger partial charge in [-0.25, -0.2) is 0 Å². The maximum Gasteiger partial charge on any atom is 0.0602 e. The summed E-state index contributed by atoms with van der Waals surface area (Å²) in [7, 11) is 0. The Bertz CT molecular complexity index is 319. The summed E-state index contributed by atoms with van der Waals surface area (Å²) >= 11 is 0. The van der Waals surface area contributed by atoms with Crippen LogP contribution in [0, 0.1) is 11.8 Å². The molecule has 0 aliphatic heterocycles. The Kier molecular flexibility index (Phi) is 1.88. The smallest absolute Gasteiger partial charge is 0.0602 e. The molecule has 1 aromatic rings. The molecule has 0 aromatic heterocycles. The van der Waals surface area contributed by atoms with Crippen LogP contribution >= 0.6 is 0 Å². The maximum absolute atomic E-state index is 9.96. The maximum atomic E-state index is 9.96. The summed E-state index contributed by atoms with van der Waals surface area (Å²) < 4.78 is 0. The van der Waals surface area contributed by atoms with E-state index in [-0.39, 0.29) is 6.10 Å². The Labute approximate surface area is 84.8 Å². The highest BCUT2D eigenvalue weighted by Gasteiger charge is 2.47. The molecule has 74 valence electrons. The first kappa shape index (κ1) is 8.49. The van der Waals surface area contributed by atoms with E-state index in [9.17, 15) is 5.11 Å². The summed E-state index contributed by atoms with van der Waals surface area (Å²) in [5, 5.41) is 9.96. The summed E-state index contributed by atoms with van der Waals surface area (Å²) in [4.78, 5) is 0. The third-order valence-electron chi connectivity index (χ3n) is 4.09. The molecule has 2 aliphatic rings. The molecule has 4 atom stereocenters. The molecule has 0 saturated heterocycles. The van der Waals surface area contributed by atoms with Gasteiger partial charge < -0.3 is 5.11 Å². The Morgan fingerprint density at radius 2 is 1.86 bits per heavy atom. The molecule has 0 unspecified atom stereocenters. The second-order valence-electron chi connectivity index (χ2n) is 4.74. The summed E-state index contributed by atoms with van der Waals surface area (Å²) in [6.45, 7) is 0. The second-order valence-corrected chi connectivity index (χ2v) is 4.74. The molecule has 0 heterocycles. The van der Waals surface area contributed by atoms with E-state index in [4.69, 9.17) is 0 Å². The summed E-state index contributed by atoms with van der Waals surface area (Å²) in [6, 6.07) is 10.7. The minimum atomic E-state index is -0.0137. The topological polar surface area (TPSA) is 20.2 Å². The predicted molar refractivity (Wildman–Crippen MR) is 56.0 cm³/mol. The molecule has 1 N–H and O–H groups in total. The van der Waals surface area contributed by atoms with E-state index in [1.54, 1.807) is 0 Å². The van der Waals surface area contributed by atoms with Crippen molar-refractivity contribution < 1.29 is 5.11 Å². The van der Waals surface area contributed by atoms with Gasteiger partial charge in [-0.1, -0.05) is 30.3 Å². The lowest BCUT2D eigenvalue weighted by molar-refractivity contribution is 0.126. The molecule has 2 aliphatic carbocycles. The fourth-order valence-corrected chi connectivity index (χ4v) is 3.38. The first-order chi connectivity index (χ1) is 6.86. The lowest BCUT2D eigenvalue weighted by Gasteiger charge is -2.21. The van der Waals surface area contributed by atoms with Crippen molar-refractivity contribution >= 4 is 0 Å². The van der Waals surface area contributed by atoms with Gasteiger partial charge in [-0.05, 0) is 42.6 Å². The van der Waals surface area contributed by atoms with Crippen molar-refractivity contribution in [2.75, 3.05) is 0 Å². The average Bonchev–Trinajstić information content (AvgIpc) is 2.76. The zero-order chi connectivity index (χ0) is 9.54. The Hall–Kier alpha value is -0.820. The predicted octanol–water partition coefficient (Wildman–Crippen LogP) is 2.56. The van der Waals surface area contributed by atoms with Gasteiger partial charge in [-0.2, -0.15) is 0 Å². The van der Waals surface area contributed by atoms with Crippen LogP contribution in [0.1, 0.15) is 30.7 Å². The van der Waals surface area contributed by atoms with Crippen LogP contribution in [0.3, 0.4) is 0 Å². The minimum absolute atomic E-state index is 0.0137. The lowest BCUT2D eigenvalue weighted by atomic mass is 9.83. The third-order valence-corrected chi connectivity index (χ3v) is 4.09. The monoisotopic (exact) mass is 188 g/mol. The standard InChI is InChI=1S/C13H16O/c14-13-10-6-7-11(13)12(8-10)9-4-2-1-3-5-9/h1-5,10-14H,6-8H2/t10-,11+,12-,13-/m1/s1. The van der Waals surface area contributed by atoms with Crippen LogP contribution in [0.4, 0.5) is 0 Å². The molecule has 1 nitrogen and oxygen atoms in total.